The number of hydrogen-bond acceptors (Lipinski definition) is 5. The first-order chi connectivity index (χ1) is 14.5. The molecule has 8 heteroatoms. The molecule has 2 aromatic rings. The van der Waals surface area contributed by atoms with E-state index in [0.717, 1.165) is 12.8 Å². The molecule has 1 aliphatic heterocycles. The molecule has 1 aromatic heterocycles. The highest BCUT2D eigenvalue weighted by Gasteiger charge is 2.27. The number of nitrogens with one attached hydrogen (secondary N) is 1. The smallest absolute Gasteiger partial charge is 0.259 e. The molecule has 1 atom stereocenters. The van der Waals surface area contributed by atoms with Gasteiger partial charge in [-0.05, 0) is 55.5 Å². The highest BCUT2D eigenvalue weighted by Crippen LogP contribution is 2.29. The number of anilines is 1. The van der Waals surface area contributed by atoms with E-state index in [1.54, 1.807) is 43.6 Å². The van der Waals surface area contributed by atoms with E-state index in [1.165, 1.54) is 7.11 Å². The zero-order chi connectivity index (χ0) is 21.5. The summed E-state index contributed by atoms with van der Waals surface area (Å²) in [5, 5.41) is 3.39. The number of halogens is 1. The van der Waals surface area contributed by atoms with Gasteiger partial charge in [0.25, 0.3) is 5.91 Å². The predicted octanol–water partition coefficient (Wildman–Crippen LogP) is 4.02. The van der Waals surface area contributed by atoms with Crippen molar-refractivity contribution in [1.29, 1.82) is 0 Å². The highest BCUT2D eigenvalue weighted by molar-refractivity contribution is 6.31. The number of benzene rings is 1. The van der Waals surface area contributed by atoms with E-state index in [2.05, 4.69) is 10.3 Å². The lowest BCUT2D eigenvalue weighted by Crippen LogP contribution is -2.40. The quantitative estimate of drug-likeness (QED) is 0.716. The van der Waals surface area contributed by atoms with Crippen LogP contribution >= 0.6 is 11.6 Å². The molecule has 1 fully saturated rings. The first kappa shape index (κ1) is 21.9. The number of carbonyl (C=O) groups excluding carboxylic acids is 2. The second kappa shape index (κ2) is 10.3. The topological polar surface area (TPSA) is 80.8 Å². The summed E-state index contributed by atoms with van der Waals surface area (Å²) in [6.07, 6.45) is 4.55. The number of methoxy groups -OCH3 is 2. The van der Waals surface area contributed by atoms with Crippen molar-refractivity contribution in [3.63, 3.8) is 0 Å². The maximum Gasteiger partial charge on any atom is 0.259 e. The van der Waals surface area contributed by atoms with Crippen LogP contribution in [-0.2, 0) is 4.79 Å². The normalized spacial score (nSPS) is 16.1. The van der Waals surface area contributed by atoms with E-state index in [-0.39, 0.29) is 17.7 Å². The fourth-order valence-electron chi connectivity index (χ4n) is 3.70. The third-order valence-corrected chi connectivity index (χ3v) is 5.45. The molecule has 0 spiro atoms. The van der Waals surface area contributed by atoms with Crippen molar-refractivity contribution in [1.82, 2.24) is 9.88 Å². The molecule has 0 radical (unpaired) electrons. The molecule has 160 valence electrons. The second-order valence-corrected chi connectivity index (χ2v) is 7.69. The van der Waals surface area contributed by atoms with E-state index in [1.807, 2.05) is 4.90 Å². The monoisotopic (exact) mass is 431 g/mol. The molecule has 1 aliphatic rings. The maximum atomic E-state index is 12.9. The number of pyridine rings is 1. The molecule has 7 nitrogen and oxygen atoms in total. The summed E-state index contributed by atoms with van der Waals surface area (Å²) in [4.78, 5) is 31.3. The third kappa shape index (κ3) is 5.42. The van der Waals surface area contributed by atoms with Gasteiger partial charge >= 0.3 is 0 Å². The van der Waals surface area contributed by atoms with Gasteiger partial charge in [0, 0.05) is 30.7 Å². The Balaban J connectivity index is 1.56. The zero-order valence-electron chi connectivity index (χ0n) is 17.2. The average Bonchev–Trinajstić information content (AvgIpc) is 2.77. The van der Waals surface area contributed by atoms with E-state index in [0.29, 0.717) is 53.8 Å². The number of ether oxygens (including phenoxy) is 2. The fourth-order valence-corrected chi connectivity index (χ4v) is 3.87. The van der Waals surface area contributed by atoms with E-state index >= 15 is 0 Å². The van der Waals surface area contributed by atoms with Crippen LogP contribution in [0.5, 0.6) is 11.6 Å². The Hall–Kier alpha value is -2.80. The number of likely N-dealkylation sites (tertiary alicyclic amines) is 1. The lowest BCUT2D eigenvalue weighted by atomic mass is 9.93. The highest BCUT2D eigenvalue weighted by atomic mass is 35.5. The van der Waals surface area contributed by atoms with Crippen LogP contribution in [0.2, 0.25) is 5.02 Å². The summed E-state index contributed by atoms with van der Waals surface area (Å²) in [7, 11) is 3.05. The number of rotatable bonds is 7. The van der Waals surface area contributed by atoms with Crippen LogP contribution in [0.4, 0.5) is 5.69 Å². The molecule has 3 rings (SSSR count). The first-order valence-electron chi connectivity index (χ1n) is 9.93. The Morgan fingerprint density at radius 3 is 2.87 bits per heavy atom. The van der Waals surface area contributed by atoms with Crippen LogP contribution in [0.25, 0.3) is 0 Å². The Labute approximate surface area is 181 Å². The minimum Gasteiger partial charge on any atom is -0.495 e. The van der Waals surface area contributed by atoms with Crippen LogP contribution in [0.15, 0.2) is 36.5 Å². The van der Waals surface area contributed by atoms with Gasteiger partial charge in [0.2, 0.25) is 11.8 Å². The lowest BCUT2D eigenvalue weighted by Gasteiger charge is -2.33. The summed E-state index contributed by atoms with van der Waals surface area (Å²) in [5.41, 5.74) is 1.02. The largest absolute Gasteiger partial charge is 0.495 e. The van der Waals surface area contributed by atoms with Gasteiger partial charge in [-0.25, -0.2) is 4.98 Å². The Kier molecular flexibility index (Phi) is 7.52. The molecule has 0 aliphatic carbocycles. The average molecular weight is 432 g/mol. The van der Waals surface area contributed by atoms with E-state index in [4.69, 9.17) is 21.1 Å². The first-order valence-corrected chi connectivity index (χ1v) is 10.3. The van der Waals surface area contributed by atoms with Crippen molar-refractivity contribution >= 4 is 29.1 Å². The molecule has 1 saturated heterocycles. The lowest BCUT2D eigenvalue weighted by molar-refractivity contribution is -0.116. The Bertz CT molecular complexity index is 906. The number of carbonyl (C=O) groups is 2. The van der Waals surface area contributed by atoms with Gasteiger partial charge in [-0.3, -0.25) is 9.59 Å². The number of nitrogens with zero attached hydrogens (tertiary/aromatic N) is 2. The molecule has 2 heterocycles. The second-order valence-electron chi connectivity index (χ2n) is 7.25. The number of hydrogen-bond donors (Lipinski definition) is 1. The van der Waals surface area contributed by atoms with Crippen LogP contribution < -0.4 is 14.8 Å². The van der Waals surface area contributed by atoms with Crippen molar-refractivity contribution in [2.45, 2.75) is 25.7 Å². The van der Waals surface area contributed by atoms with Gasteiger partial charge in [-0.1, -0.05) is 11.6 Å². The van der Waals surface area contributed by atoms with Gasteiger partial charge in [0.05, 0.1) is 19.9 Å². The van der Waals surface area contributed by atoms with E-state index in [9.17, 15) is 9.59 Å². The molecule has 0 unspecified atom stereocenters. The van der Waals surface area contributed by atoms with Gasteiger partial charge in [0.15, 0.2) is 0 Å². The summed E-state index contributed by atoms with van der Waals surface area (Å²) in [6, 6.07) is 8.55. The van der Waals surface area contributed by atoms with Gasteiger partial charge in [0.1, 0.15) is 11.3 Å². The number of piperidine rings is 1. The van der Waals surface area contributed by atoms with Crippen molar-refractivity contribution in [2.75, 3.05) is 32.6 Å². The van der Waals surface area contributed by atoms with Crippen molar-refractivity contribution in [3.05, 3.63) is 47.1 Å². The Morgan fingerprint density at radius 1 is 1.27 bits per heavy atom. The SMILES string of the molecule is COc1ccc(Cl)cc1NC(=O)CC[C@@H]1CCCN(C(=O)c2cccnc2OC)C1. The van der Waals surface area contributed by atoms with Gasteiger partial charge < -0.3 is 19.7 Å². The zero-order valence-corrected chi connectivity index (χ0v) is 17.9. The number of aromatic nitrogens is 1. The maximum absolute atomic E-state index is 12.9. The number of amides is 2. The summed E-state index contributed by atoms with van der Waals surface area (Å²) < 4.78 is 10.5. The molecular formula is C22H26ClN3O4. The molecule has 30 heavy (non-hydrogen) atoms. The molecular weight excluding hydrogens is 406 g/mol. The van der Waals surface area contributed by atoms with Crippen LogP contribution in [0.1, 0.15) is 36.0 Å². The van der Waals surface area contributed by atoms with Crippen LogP contribution in [0.3, 0.4) is 0 Å². The molecule has 1 N–H and O–H groups in total. The summed E-state index contributed by atoms with van der Waals surface area (Å²) >= 11 is 6.02. The minimum absolute atomic E-state index is 0.0854. The standard InChI is InChI=1S/C22H26ClN3O4/c1-29-19-9-8-16(23)13-18(19)25-20(27)10-7-15-5-4-12-26(14-15)22(28)17-6-3-11-24-21(17)30-2/h3,6,8-9,11,13,15H,4-5,7,10,12,14H2,1-2H3,(H,25,27)/t15-/m0/s1. The van der Waals surface area contributed by atoms with Gasteiger partial charge in [-0.2, -0.15) is 0 Å². The van der Waals surface area contributed by atoms with Gasteiger partial charge in [-0.15, -0.1) is 0 Å². The van der Waals surface area contributed by atoms with Crippen LogP contribution in [0, 0.1) is 5.92 Å². The fraction of sp³-hybridized carbons (Fsp3) is 0.409. The molecule has 2 amide bonds. The molecule has 1 aromatic carbocycles. The van der Waals surface area contributed by atoms with Crippen molar-refractivity contribution < 1.29 is 19.1 Å². The summed E-state index contributed by atoms with van der Waals surface area (Å²) in [5.74, 6) is 0.968. The van der Waals surface area contributed by atoms with Crippen molar-refractivity contribution in [2.24, 2.45) is 5.92 Å². The Morgan fingerprint density at radius 2 is 2.10 bits per heavy atom. The van der Waals surface area contributed by atoms with E-state index < -0.39 is 0 Å². The predicted molar refractivity (Wildman–Crippen MR) is 115 cm³/mol. The van der Waals surface area contributed by atoms with Crippen molar-refractivity contribution in [3.8, 4) is 11.6 Å². The van der Waals surface area contributed by atoms with Crippen LogP contribution in [-0.4, -0.2) is 49.0 Å². The molecule has 0 saturated carbocycles. The third-order valence-electron chi connectivity index (χ3n) is 5.22. The minimum atomic E-state index is -0.104. The summed E-state index contributed by atoms with van der Waals surface area (Å²) in [6.45, 7) is 1.31. The molecule has 0 bridgehead atoms.